The van der Waals surface area contributed by atoms with Crippen molar-refractivity contribution >= 4 is 17.3 Å². The van der Waals surface area contributed by atoms with Crippen LogP contribution in [-0.2, 0) is 4.79 Å². The zero-order chi connectivity index (χ0) is 13.7. The molecule has 104 valence electrons. The first kappa shape index (κ1) is 13.9. The molecular weight excluding hydrogens is 238 g/mol. The summed E-state index contributed by atoms with van der Waals surface area (Å²) in [5.74, 6) is -0.145. The van der Waals surface area contributed by atoms with E-state index in [-0.39, 0.29) is 5.91 Å². The Morgan fingerprint density at radius 1 is 1.26 bits per heavy atom. The number of nitrogens with one attached hydrogen (secondary N) is 1. The summed E-state index contributed by atoms with van der Waals surface area (Å²) >= 11 is 0. The molecule has 1 aromatic carbocycles. The summed E-state index contributed by atoms with van der Waals surface area (Å²) in [4.78, 5) is 14.0. The fourth-order valence-electron chi connectivity index (χ4n) is 2.37. The molecule has 0 radical (unpaired) electrons. The van der Waals surface area contributed by atoms with Crippen LogP contribution in [0, 0.1) is 0 Å². The fourth-order valence-corrected chi connectivity index (χ4v) is 2.37. The average molecular weight is 261 g/mol. The van der Waals surface area contributed by atoms with Gasteiger partial charge in [-0.05, 0) is 38.0 Å². The Kier molecular flexibility index (Phi) is 4.80. The number of hydrogen-bond donors (Lipinski definition) is 2. The highest BCUT2D eigenvalue weighted by Crippen LogP contribution is 2.22. The van der Waals surface area contributed by atoms with Gasteiger partial charge < -0.3 is 16.0 Å². The predicted molar refractivity (Wildman–Crippen MR) is 79.4 cm³/mol. The van der Waals surface area contributed by atoms with Gasteiger partial charge in [-0.1, -0.05) is 18.9 Å². The van der Waals surface area contributed by atoms with Gasteiger partial charge in [0, 0.05) is 24.5 Å². The third-order valence-corrected chi connectivity index (χ3v) is 3.50. The molecule has 0 spiro atoms. The summed E-state index contributed by atoms with van der Waals surface area (Å²) in [6, 6.07) is 7.54. The van der Waals surface area contributed by atoms with Crippen molar-refractivity contribution in [2.24, 2.45) is 5.73 Å². The maximum atomic E-state index is 11.6. The minimum absolute atomic E-state index is 0.145. The Balaban J connectivity index is 2.07. The summed E-state index contributed by atoms with van der Waals surface area (Å²) in [7, 11) is 0. The van der Waals surface area contributed by atoms with E-state index in [1.807, 2.05) is 18.2 Å². The Bertz CT molecular complexity index is 423. The van der Waals surface area contributed by atoms with Gasteiger partial charge >= 0.3 is 0 Å². The van der Waals surface area contributed by atoms with Gasteiger partial charge in [0.15, 0.2) is 0 Å². The van der Waals surface area contributed by atoms with Crippen molar-refractivity contribution in [1.29, 1.82) is 0 Å². The van der Waals surface area contributed by atoms with E-state index in [1.54, 1.807) is 6.92 Å². The predicted octanol–water partition coefficient (Wildman–Crippen LogP) is 2.35. The van der Waals surface area contributed by atoms with Crippen LogP contribution in [0.15, 0.2) is 24.3 Å². The van der Waals surface area contributed by atoms with Gasteiger partial charge in [0.25, 0.3) is 0 Å². The summed E-state index contributed by atoms with van der Waals surface area (Å²) in [6.45, 7) is 3.89. The van der Waals surface area contributed by atoms with Crippen molar-refractivity contribution in [3.05, 3.63) is 24.3 Å². The number of rotatable bonds is 3. The second-order valence-electron chi connectivity index (χ2n) is 5.23. The van der Waals surface area contributed by atoms with Gasteiger partial charge in [-0.3, -0.25) is 4.79 Å². The van der Waals surface area contributed by atoms with E-state index in [4.69, 9.17) is 5.73 Å². The smallest absolute Gasteiger partial charge is 0.240 e. The van der Waals surface area contributed by atoms with Crippen molar-refractivity contribution < 1.29 is 4.79 Å². The van der Waals surface area contributed by atoms with Crippen LogP contribution in [0.3, 0.4) is 0 Å². The average Bonchev–Trinajstić information content (AvgIpc) is 2.67. The SMILES string of the molecule is C[C@@H](N)C(=O)Nc1cccc(N2CCCCCC2)c1. The monoisotopic (exact) mass is 261 g/mol. The number of benzene rings is 1. The topological polar surface area (TPSA) is 58.4 Å². The lowest BCUT2D eigenvalue weighted by Crippen LogP contribution is -2.32. The number of carbonyl (C=O) groups excluding carboxylic acids is 1. The summed E-state index contributed by atoms with van der Waals surface area (Å²) in [5.41, 5.74) is 7.57. The third kappa shape index (κ3) is 3.96. The van der Waals surface area contributed by atoms with E-state index >= 15 is 0 Å². The minimum Gasteiger partial charge on any atom is -0.371 e. The van der Waals surface area contributed by atoms with Gasteiger partial charge in [0.2, 0.25) is 5.91 Å². The number of anilines is 2. The van der Waals surface area contributed by atoms with Crippen LogP contribution in [0.5, 0.6) is 0 Å². The van der Waals surface area contributed by atoms with E-state index in [9.17, 15) is 4.79 Å². The largest absolute Gasteiger partial charge is 0.371 e. The molecule has 1 fully saturated rings. The first-order valence-electron chi connectivity index (χ1n) is 7.08. The molecule has 1 amide bonds. The number of amides is 1. The first-order chi connectivity index (χ1) is 9.16. The van der Waals surface area contributed by atoms with Crippen molar-refractivity contribution in [3.8, 4) is 0 Å². The van der Waals surface area contributed by atoms with Crippen molar-refractivity contribution in [3.63, 3.8) is 0 Å². The van der Waals surface area contributed by atoms with Crippen molar-refractivity contribution in [1.82, 2.24) is 0 Å². The van der Waals surface area contributed by atoms with Gasteiger partial charge in [-0.2, -0.15) is 0 Å². The molecule has 0 bridgehead atoms. The molecule has 1 heterocycles. The van der Waals surface area contributed by atoms with Crippen molar-refractivity contribution in [2.45, 2.75) is 38.6 Å². The second kappa shape index (κ2) is 6.57. The van der Waals surface area contributed by atoms with E-state index < -0.39 is 6.04 Å². The number of nitrogens with zero attached hydrogens (tertiary/aromatic N) is 1. The molecule has 0 unspecified atom stereocenters. The highest BCUT2D eigenvalue weighted by molar-refractivity contribution is 5.94. The molecule has 1 aliphatic rings. The van der Waals surface area contributed by atoms with Crippen LogP contribution in [0.25, 0.3) is 0 Å². The Morgan fingerprint density at radius 3 is 2.58 bits per heavy atom. The first-order valence-corrected chi connectivity index (χ1v) is 7.08. The highest BCUT2D eigenvalue weighted by Gasteiger charge is 2.11. The van der Waals surface area contributed by atoms with Gasteiger partial charge in [-0.15, -0.1) is 0 Å². The Morgan fingerprint density at radius 2 is 1.95 bits per heavy atom. The molecule has 0 aliphatic carbocycles. The maximum absolute atomic E-state index is 11.6. The van der Waals surface area contributed by atoms with Gasteiger partial charge in [-0.25, -0.2) is 0 Å². The zero-order valence-electron chi connectivity index (χ0n) is 11.6. The van der Waals surface area contributed by atoms with E-state index in [0.29, 0.717) is 0 Å². The summed E-state index contributed by atoms with van der Waals surface area (Å²) in [5, 5.41) is 2.85. The highest BCUT2D eigenvalue weighted by atomic mass is 16.2. The lowest BCUT2D eigenvalue weighted by atomic mass is 10.2. The molecule has 0 aromatic heterocycles. The maximum Gasteiger partial charge on any atom is 0.240 e. The van der Waals surface area contributed by atoms with Crippen LogP contribution >= 0.6 is 0 Å². The molecule has 1 aliphatic heterocycles. The summed E-state index contributed by atoms with van der Waals surface area (Å²) in [6.07, 6.45) is 5.13. The third-order valence-electron chi connectivity index (χ3n) is 3.50. The normalized spacial score (nSPS) is 17.7. The Hall–Kier alpha value is -1.55. The molecule has 1 atom stereocenters. The number of hydrogen-bond acceptors (Lipinski definition) is 3. The van der Waals surface area contributed by atoms with Crippen molar-refractivity contribution in [2.75, 3.05) is 23.3 Å². The molecule has 19 heavy (non-hydrogen) atoms. The van der Waals surface area contributed by atoms with Crippen LogP contribution < -0.4 is 16.0 Å². The molecule has 1 aromatic rings. The van der Waals surface area contributed by atoms with Gasteiger partial charge in [0.1, 0.15) is 0 Å². The molecule has 1 saturated heterocycles. The van der Waals surface area contributed by atoms with E-state index in [0.717, 1.165) is 18.8 Å². The van der Waals surface area contributed by atoms with Crippen LogP contribution in [-0.4, -0.2) is 25.0 Å². The quantitative estimate of drug-likeness (QED) is 0.878. The second-order valence-corrected chi connectivity index (χ2v) is 5.23. The van der Waals surface area contributed by atoms with Crippen LogP contribution in [0.1, 0.15) is 32.6 Å². The molecular formula is C15H23N3O. The molecule has 2 rings (SSSR count). The fraction of sp³-hybridized carbons (Fsp3) is 0.533. The summed E-state index contributed by atoms with van der Waals surface area (Å²) < 4.78 is 0. The molecule has 4 nitrogen and oxygen atoms in total. The zero-order valence-corrected chi connectivity index (χ0v) is 11.6. The molecule has 0 saturated carbocycles. The van der Waals surface area contributed by atoms with Gasteiger partial charge in [0.05, 0.1) is 6.04 Å². The van der Waals surface area contributed by atoms with Crippen LogP contribution in [0.4, 0.5) is 11.4 Å². The lowest BCUT2D eigenvalue weighted by molar-refractivity contribution is -0.117. The van der Waals surface area contributed by atoms with E-state index in [2.05, 4.69) is 16.3 Å². The van der Waals surface area contributed by atoms with Crippen LogP contribution in [0.2, 0.25) is 0 Å². The number of carbonyl (C=O) groups is 1. The Labute approximate surface area is 115 Å². The van der Waals surface area contributed by atoms with E-state index in [1.165, 1.54) is 31.4 Å². The minimum atomic E-state index is -0.484. The molecule has 3 N–H and O–H groups in total. The standard InChI is InChI=1S/C15H23N3O/c1-12(16)15(19)17-13-7-6-8-14(11-13)18-9-4-2-3-5-10-18/h6-8,11-12H,2-5,9-10,16H2,1H3,(H,17,19)/t12-/m1/s1. The number of nitrogens with two attached hydrogens (primary N) is 1. The lowest BCUT2D eigenvalue weighted by Gasteiger charge is -2.23. The molecule has 4 heteroatoms.